The summed E-state index contributed by atoms with van der Waals surface area (Å²) >= 11 is 1.10. The molecule has 1 aromatic heterocycles. The number of piperidine rings is 1. The van der Waals surface area contributed by atoms with Gasteiger partial charge in [-0.3, -0.25) is 9.59 Å². The molecule has 1 saturated heterocycles. The summed E-state index contributed by atoms with van der Waals surface area (Å²) in [5, 5.41) is 7.18. The van der Waals surface area contributed by atoms with Gasteiger partial charge in [-0.25, -0.2) is 8.42 Å². The molecule has 2 heterocycles. The lowest BCUT2D eigenvalue weighted by Crippen LogP contribution is -2.36. The molecule has 3 rings (SSSR count). The van der Waals surface area contributed by atoms with Crippen molar-refractivity contribution in [1.29, 1.82) is 0 Å². The van der Waals surface area contributed by atoms with Gasteiger partial charge in [-0.05, 0) is 42.5 Å². The van der Waals surface area contributed by atoms with Crippen molar-refractivity contribution < 1.29 is 18.0 Å². The zero-order valence-electron chi connectivity index (χ0n) is 17.4. The highest BCUT2D eigenvalue weighted by molar-refractivity contribution is 7.89. The minimum atomic E-state index is -3.70. The van der Waals surface area contributed by atoms with Crippen LogP contribution in [-0.2, 0) is 14.8 Å². The van der Waals surface area contributed by atoms with E-state index in [1.165, 1.54) is 10.4 Å². The van der Waals surface area contributed by atoms with Gasteiger partial charge in [-0.2, -0.15) is 4.31 Å². The van der Waals surface area contributed by atoms with Crippen molar-refractivity contribution in [2.24, 2.45) is 5.41 Å². The number of anilines is 2. The minimum absolute atomic E-state index is 0.0455. The molecule has 9 heteroatoms. The Morgan fingerprint density at radius 2 is 1.63 bits per heavy atom. The molecule has 1 aliphatic rings. The van der Waals surface area contributed by atoms with E-state index in [9.17, 15) is 18.0 Å². The molecular formula is C21H27N3O4S2. The second-order valence-corrected chi connectivity index (χ2v) is 11.1. The van der Waals surface area contributed by atoms with Crippen molar-refractivity contribution in [1.82, 2.24) is 4.31 Å². The molecule has 1 aromatic carbocycles. The SMILES string of the molecule is CC(C)(C)C(=O)Nc1cccc(NC(=O)c2sccc2S(=O)(=O)N2CCCCC2)c1. The maximum Gasteiger partial charge on any atom is 0.267 e. The Hall–Kier alpha value is -2.23. The first-order valence-electron chi connectivity index (χ1n) is 9.89. The van der Waals surface area contributed by atoms with Crippen LogP contribution in [0, 0.1) is 5.41 Å². The summed E-state index contributed by atoms with van der Waals surface area (Å²) in [6.07, 6.45) is 2.68. The first-order valence-corrected chi connectivity index (χ1v) is 12.2. The molecule has 0 spiro atoms. The number of benzene rings is 1. The van der Waals surface area contributed by atoms with Crippen LogP contribution in [0.4, 0.5) is 11.4 Å². The van der Waals surface area contributed by atoms with Crippen LogP contribution in [0.15, 0.2) is 40.6 Å². The zero-order valence-corrected chi connectivity index (χ0v) is 19.0. The van der Waals surface area contributed by atoms with Crippen molar-refractivity contribution in [3.05, 3.63) is 40.6 Å². The number of carbonyl (C=O) groups is 2. The summed E-state index contributed by atoms with van der Waals surface area (Å²) in [6.45, 7) is 6.41. The third-order valence-corrected chi connectivity index (χ3v) is 7.81. The Labute approximate surface area is 181 Å². The van der Waals surface area contributed by atoms with Gasteiger partial charge in [0, 0.05) is 29.9 Å². The fourth-order valence-electron chi connectivity index (χ4n) is 3.09. The number of thiophene rings is 1. The number of rotatable bonds is 5. The van der Waals surface area contributed by atoms with E-state index in [1.54, 1.807) is 29.6 Å². The average Bonchev–Trinajstić information content (AvgIpc) is 3.19. The first-order chi connectivity index (χ1) is 14.1. The maximum absolute atomic E-state index is 13.0. The topological polar surface area (TPSA) is 95.6 Å². The number of carbonyl (C=O) groups excluding carboxylic acids is 2. The molecule has 30 heavy (non-hydrogen) atoms. The lowest BCUT2D eigenvalue weighted by molar-refractivity contribution is -0.123. The fourth-order valence-corrected chi connectivity index (χ4v) is 5.90. The molecule has 0 bridgehead atoms. The van der Waals surface area contributed by atoms with Crippen LogP contribution >= 0.6 is 11.3 Å². The molecule has 1 aliphatic heterocycles. The summed E-state index contributed by atoms with van der Waals surface area (Å²) < 4.78 is 27.5. The molecule has 1 fully saturated rings. The van der Waals surface area contributed by atoms with Gasteiger partial charge < -0.3 is 10.6 Å². The summed E-state index contributed by atoms with van der Waals surface area (Å²) in [4.78, 5) is 25.2. The van der Waals surface area contributed by atoms with Gasteiger partial charge in [0.15, 0.2) is 0 Å². The van der Waals surface area contributed by atoms with E-state index in [2.05, 4.69) is 10.6 Å². The summed E-state index contributed by atoms with van der Waals surface area (Å²) in [7, 11) is -3.70. The largest absolute Gasteiger partial charge is 0.326 e. The second kappa shape index (κ2) is 8.87. The van der Waals surface area contributed by atoms with E-state index in [0.717, 1.165) is 30.6 Å². The van der Waals surface area contributed by atoms with Gasteiger partial charge in [0.2, 0.25) is 15.9 Å². The van der Waals surface area contributed by atoms with Crippen LogP contribution in [0.3, 0.4) is 0 Å². The Bertz CT molecular complexity index is 1030. The predicted molar refractivity (Wildman–Crippen MR) is 119 cm³/mol. The summed E-state index contributed by atoms with van der Waals surface area (Å²) in [6, 6.07) is 8.28. The molecule has 2 aromatic rings. The number of sulfonamides is 1. The highest BCUT2D eigenvalue weighted by Crippen LogP contribution is 2.28. The number of nitrogens with one attached hydrogen (secondary N) is 2. The van der Waals surface area contributed by atoms with E-state index in [-0.39, 0.29) is 15.7 Å². The average molecular weight is 450 g/mol. The molecule has 0 atom stereocenters. The van der Waals surface area contributed by atoms with Crippen LogP contribution in [0.5, 0.6) is 0 Å². The van der Waals surface area contributed by atoms with Crippen molar-refractivity contribution in [3.63, 3.8) is 0 Å². The van der Waals surface area contributed by atoms with Crippen LogP contribution in [-0.4, -0.2) is 37.6 Å². The molecule has 0 aliphatic carbocycles. The predicted octanol–water partition coefficient (Wildman–Crippen LogP) is 4.16. The van der Waals surface area contributed by atoms with Crippen LogP contribution < -0.4 is 10.6 Å². The van der Waals surface area contributed by atoms with Gasteiger partial charge in [-0.15, -0.1) is 11.3 Å². The summed E-state index contributed by atoms with van der Waals surface area (Å²) in [5.41, 5.74) is 0.481. The Balaban J connectivity index is 1.77. The normalized spacial score (nSPS) is 15.6. The molecule has 7 nitrogen and oxygen atoms in total. The summed E-state index contributed by atoms with van der Waals surface area (Å²) in [5.74, 6) is -0.626. The molecule has 162 valence electrons. The Kier molecular flexibility index (Phi) is 6.64. The molecule has 0 radical (unpaired) electrons. The van der Waals surface area contributed by atoms with Crippen molar-refractivity contribution >= 4 is 44.5 Å². The first kappa shape index (κ1) is 22.5. The lowest BCUT2D eigenvalue weighted by atomic mass is 9.95. The second-order valence-electron chi connectivity index (χ2n) is 8.32. The lowest BCUT2D eigenvalue weighted by Gasteiger charge is -2.25. The third kappa shape index (κ3) is 5.08. The number of hydrogen-bond acceptors (Lipinski definition) is 5. The highest BCUT2D eigenvalue weighted by atomic mass is 32.2. The van der Waals surface area contributed by atoms with E-state index in [4.69, 9.17) is 0 Å². The van der Waals surface area contributed by atoms with E-state index in [1.807, 2.05) is 20.8 Å². The molecule has 2 amide bonds. The minimum Gasteiger partial charge on any atom is -0.326 e. The zero-order chi connectivity index (χ0) is 21.9. The van der Waals surface area contributed by atoms with Gasteiger partial charge in [0.1, 0.15) is 9.77 Å². The Morgan fingerprint density at radius 1 is 1.00 bits per heavy atom. The van der Waals surface area contributed by atoms with E-state index in [0.29, 0.717) is 24.5 Å². The smallest absolute Gasteiger partial charge is 0.267 e. The molecule has 0 unspecified atom stereocenters. The van der Waals surface area contributed by atoms with Gasteiger partial charge in [-0.1, -0.05) is 33.3 Å². The fraction of sp³-hybridized carbons (Fsp3) is 0.429. The number of nitrogens with zero attached hydrogens (tertiary/aromatic N) is 1. The molecule has 2 N–H and O–H groups in total. The number of amides is 2. The van der Waals surface area contributed by atoms with E-state index < -0.39 is 21.3 Å². The van der Waals surface area contributed by atoms with Gasteiger partial charge in [0.25, 0.3) is 5.91 Å². The third-order valence-electron chi connectivity index (χ3n) is 4.83. The van der Waals surface area contributed by atoms with Crippen molar-refractivity contribution in [3.8, 4) is 0 Å². The van der Waals surface area contributed by atoms with E-state index >= 15 is 0 Å². The molecular weight excluding hydrogens is 422 g/mol. The van der Waals surface area contributed by atoms with Crippen LogP contribution in [0.2, 0.25) is 0 Å². The van der Waals surface area contributed by atoms with Crippen molar-refractivity contribution in [2.75, 3.05) is 23.7 Å². The Morgan fingerprint density at radius 3 is 2.27 bits per heavy atom. The van der Waals surface area contributed by atoms with Crippen LogP contribution in [0.25, 0.3) is 0 Å². The standard InChI is InChI=1S/C21H27N3O4S2/c1-21(2,3)20(26)23-16-9-7-8-15(14-16)22-19(25)18-17(10-13-29-18)30(27,28)24-11-5-4-6-12-24/h7-10,13-14H,4-6,11-12H2,1-3H3,(H,22,25)(H,23,26). The monoisotopic (exact) mass is 449 g/mol. The van der Waals surface area contributed by atoms with Gasteiger partial charge in [0.05, 0.1) is 0 Å². The highest BCUT2D eigenvalue weighted by Gasteiger charge is 2.31. The van der Waals surface area contributed by atoms with Crippen molar-refractivity contribution in [2.45, 2.75) is 44.9 Å². The van der Waals surface area contributed by atoms with Crippen LogP contribution in [0.1, 0.15) is 49.7 Å². The maximum atomic E-state index is 13.0. The molecule has 0 saturated carbocycles. The number of hydrogen-bond donors (Lipinski definition) is 2. The van der Waals surface area contributed by atoms with Gasteiger partial charge >= 0.3 is 0 Å². The quantitative estimate of drug-likeness (QED) is 0.716.